The van der Waals surface area contributed by atoms with Gasteiger partial charge in [0.15, 0.2) is 7.14 Å². The Hall–Kier alpha value is -2.10. The summed E-state index contributed by atoms with van der Waals surface area (Å²) in [5.74, 6) is 0.508. The molecular formula is C22H23O4PS. The molecule has 0 radical (unpaired) electrons. The summed E-state index contributed by atoms with van der Waals surface area (Å²) >= 11 is 0. The molecule has 2 heterocycles. The van der Waals surface area contributed by atoms with Crippen molar-refractivity contribution >= 4 is 27.6 Å². The molecule has 1 aromatic heterocycles. The summed E-state index contributed by atoms with van der Waals surface area (Å²) in [6.07, 6.45) is 0. The monoisotopic (exact) mass is 414 g/mol. The van der Waals surface area contributed by atoms with Crippen LogP contribution in [0.25, 0.3) is 11.1 Å². The first-order chi connectivity index (χ1) is 13.2. The number of rotatable bonds is 3. The number of hydrogen-bond donors (Lipinski definition) is 0. The number of sulfone groups is 1. The first-order valence-electron chi connectivity index (χ1n) is 9.37. The van der Waals surface area contributed by atoms with Gasteiger partial charge in [0, 0.05) is 22.4 Å². The van der Waals surface area contributed by atoms with E-state index >= 15 is 0 Å². The van der Waals surface area contributed by atoms with E-state index in [9.17, 15) is 13.0 Å². The van der Waals surface area contributed by atoms with E-state index in [-0.39, 0.29) is 21.6 Å². The predicted molar refractivity (Wildman–Crippen MR) is 112 cm³/mol. The van der Waals surface area contributed by atoms with Crippen LogP contribution in [0, 0.1) is 0 Å². The Labute approximate surface area is 165 Å². The fourth-order valence-electron chi connectivity index (χ4n) is 3.91. The summed E-state index contributed by atoms with van der Waals surface area (Å²) in [5, 5.41) is 0.618. The van der Waals surface area contributed by atoms with Crippen LogP contribution in [0.1, 0.15) is 39.4 Å². The van der Waals surface area contributed by atoms with Crippen molar-refractivity contribution in [3.05, 3.63) is 60.4 Å². The molecule has 4 rings (SSSR count). The summed E-state index contributed by atoms with van der Waals surface area (Å²) in [5.41, 5.74) is 1.23. The standard InChI is InChI=1S/C22H23O4PS/c1-14(2)20-19(16-10-6-5-7-11-16)21-22(26-20)28(24,25)18-13-9-8-12-17(18)27(21,23)15(3)4/h5-15H,1-4H3. The molecule has 1 aliphatic heterocycles. The molecular weight excluding hydrogens is 391 g/mol. The van der Waals surface area contributed by atoms with E-state index in [2.05, 4.69) is 0 Å². The lowest BCUT2D eigenvalue weighted by molar-refractivity contribution is 0.404. The Kier molecular flexibility index (Phi) is 4.44. The summed E-state index contributed by atoms with van der Waals surface area (Å²) < 4.78 is 47.4. The van der Waals surface area contributed by atoms with Crippen molar-refractivity contribution in [3.8, 4) is 11.1 Å². The predicted octanol–water partition coefficient (Wildman–Crippen LogP) is 4.94. The average molecular weight is 414 g/mol. The summed E-state index contributed by atoms with van der Waals surface area (Å²) in [4.78, 5) is 0.100. The van der Waals surface area contributed by atoms with Gasteiger partial charge in [0.25, 0.3) is 0 Å². The van der Waals surface area contributed by atoms with Crippen LogP contribution in [-0.2, 0) is 14.4 Å². The molecule has 1 atom stereocenters. The molecule has 146 valence electrons. The number of furan rings is 1. The molecule has 6 heteroatoms. The van der Waals surface area contributed by atoms with Crippen molar-refractivity contribution < 1.29 is 17.4 Å². The van der Waals surface area contributed by atoms with Crippen LogP contribution in [0.4, 0.5) is 0 Å². The molecule has 0 bridgehead atoms. The highest BCUT2D eigenvalue weighted by atomic mass is 32.2. The van der Waals surface area contributed by atoms with Gasteiger partial charge in [0.1, 0.15) is 5.76 Å². The molecule has 2 aromatic carbocycles. The summed E-state index contributed by atoms with van der Waals surface area (Å²) in [7, 11) is -7.13. The maximum atomic E-state index is 14.6. The van der Waals surface area contributed by atoms with Gasteiger partial charge in [-0.15, -0.1) is 0 Å². The lowest BCUT2D eigenvalue weighted by Crippen LogP contribution is -2.34. The molecule has 1 unspecified atom stereocenters. The van der Waals surface area contributed by atoms with Gasteiger partial charge >= 0.3 is 0 Å². The minimum atomic E-state index is -3.89. The van der Waals surface area contributed by atoms with Gasteiger partial charge in [-0.2, -0.15) is 0 Å². The Bertz CT molecular complexity index is 1200. The highest BCUT2D eigenvalue weighted by Gasteiger charge is 2.50. The van der Waals surface area contributed by atoms with Crippen molar-refractivity contribution in [2.45, 2.75) is 49.3 Å². The summed E-state index contributed by atoms with van der Waals surface area (Å²) in [6.45, 7) is 7.68. The number of hydrogen-bond acceptors (Lipinski definition) is 4. The van der Waals surface area contributed by atoms with E-state index in [0.717, 1.165) is 5.56 Å². The fourth-order valence-corrected chi connectivity index (χ4v) is 9.71. The van der Waals surface area contributed by atoms with E-state index in [4.69, 9.17) is 4.42 Å². The van der Waals surface area contributed by atoms with Crippen LogP contribution >= 0.6 is 7.14 Å². The molecule has 3 aromatic rings. The zero-order valence-corrected chi connectivity index (χ0v) is 18.1. The second-order valence-electron chi connectivity index (χ2n) is 7.72. The van der Waals surface area contributed by atoms with Crippen molar-refractivity contribution in [2.24, 2.45) is 0 Å². The fraction of sp³-hybridized carbons (Fsp3) is 0.273. The van der Waals surface area contributed by atoms with Crippen molar-refractivity contribution in [2.75, 3.05) is 0 Å². The van der Waals surface area contributed by atoms with Gasteiger partial charge in [-0.05, 0) is 17.7 Å². The molecule has 28 heavy (non-hydrogen) atoms. The Balaban J connectivity index is 2.23. The van der Waals surface area contributed by atoms with Gasteiger partial charge in [-0.1, -0.05) is 70.2 Å². The Morgan fingerprint density at radius 3 is 2.11 bits per heavy atom. The van der Waals surface area contributed by atoms with Crippen LogP contribution < -0.4 is 10.6 Å². The van der Waals surface area contributed by atoms with E-state index in [0.29, 0.717) is 21.9 Å². The molecule has 0 saturated heterocycles. The lowest BCUT2D eigenvalue weighted by atomic mass is 10.0. The third-order valence-corrected chi connectivity index (χ3v) is 10.9. The highest BCUT2D eigenvalue weighted by molar-refractivity contribution is 7.95. The number of fused-ring (bicyclic) bond motifs is 2. The van der Waals surface area contributed by atoms with E-state index < -0.39 is 17.0 Å². The Morgan fingerprint density at radius 2 is 1.50 bits per heavy atom. The van der Waals surface area contributed by atoms with E-state index in [1.165, 1.54) is 6.07 Å². The third-order valence-electron chi connectivity index (χ3n) is 5.28. The van der Waals surface area contributed by atoms with E-state index in [1.54, 1.807) is 18.2 Å². The first kappa shape index (κ1) is 19.2. The minimum Gasteiger partial charge on any atom is -0.448 e. The van der Waals surface area contributed by atoms with Crippen LogP contribution in [0.15, 0.2) is 69.0 Å². The maximum absolute atomic E-state index is 14.6. The maximum Gasteiger partial charge on any atom is 0.241 e. The van der Waals surface area contributed by atoms with Crippen LogP contribution in [0.3, 0.4) is 0 Å². The van der Waals surface area contributed by atoms with Gasteiger partial charge in [0.2, 0.25) is 14.9 Å². The quantitative estimate of drug-likeness (QED) is 0.570. The zero-order valence-electron chi connectivity index (χ0n) is 16.3. The molecule has 0 saturated carbocycles. The van der Waals surface area contributed by atoms with Crippen molar-refractivity contribution in [1.82, 2.24) is 0 Å². The third kappa shape index (κ3) is 2.49. The van der Waals surface area contributed by atoms with Crippen LogP contribution in [0.2, 0.25) is 0 Å². The number of benzene rings is 2. The molecule has 0 aliphatic carbocycles. The molecule has 0 amide bonds. The van der Waals surface area contributed by atoms with Crippen molar-refractivity contribution in [3.63, 3.8) is 0 Å². The van der Waals surface area contributed by atoms with Crippen molar-refractivity contribution in [1.29, 1.82) is 0 Å². The summed E-state index contributed by atoms with van der Waals surface area (Å²) in [6, 6.07) is 16.1. The molecule has 0 N–H and O–H groups in total. The van der Waals surface area contributed by atoms with Crippen LogP contribution in [0.5, 0.6) is 0 Å². The van der Waals surface area contributed by atoms with Gasteiger partial charge in [-0.25, -0.2) is 8.42 Å². The highest BCUT2D eigenvalue weighted by Crippen LogP contribution is 2.58. The smallest absolute Gasteiger partial charge is 0.241 e. The van der Waals surface area contributed by atoms with Gasteiger partial charge < -0.3 is 8.98 Å². The molecule has 4 nitrogen and oxygen atoms in total. The second kappa shape index (κ2) is 6.47. The normalized spacial score (nSPS) is 20.2. The van der Waals surface area contributed by atoms with Crippen LogP contribution in [-0.4, -0.2) is 14.1 Å². The molecule has 1 aliphatic rings. The molecule has 0 fully saturated rings. The first-order valence-corrected chi connectivity index (χ1v) is 12.6. The lowest BCUT2D eigenvalue weighted by Gasteiger charge is -2.29. The topological polar surface area (TPSA) is 64.3 Å². The van der Waals surface area contributed by atoms with Gasteiger partial charge in [-0.3, -0.25) is 0 Å². The second-order valence-corrected chi connectivity index (χ2v) is 12.8. The van der Waals surface area contributed by atoms with E-state index in [1.807, 2.05) is 58.0 Å². The minimum absolute atomic E-state index is 0.0558. The Morgan fingerprint density at radius 1 is 0.893 bits per heavy atom. The zero-order chi connectivity index (χ0) is 20.3. The SMILES string of the molecule is CC(C)c1oc2c(c1-c1ccccc1)P(=O)(C(C)C)c1ccccc1S2(=O)=O. The largest absolute Gasteiger partial charge is 0.448 e. The van der Waals surface area contributed by atoms with Gasteiger partial charge in [0.05, 0.1) is 10.2 Å². The average Bonchev–Trinajstić information content (AvgIpc) is 3.10. The molecule has 0 spiro atoms.